The van der Waals surface area contributed by atoms with Crippen molar-refractivity contribution in [3.8, 4) is 0 Å². The van der Waals surface area contributed by atoms with E-state index in [-0.39, 0.29) is 4.90 Å². The van der Waals surface area contributed by atoms with Gasteiger partial charge in [0, 0.05) is 17.6 Å². The summed E-state index contributed by atoms with van der Waals surface area (Å²) in [7, 11) is -1.56. The molecule has 0 radical (unpaired) electrons. The number of benzene rings is 1. The van der Waals surface area contributed by atoms with Crippen molar-refractivity contribution in [2.45, 2.75) is 17.7 Å². The molecule has 1 saturated heterocycles. The average molecular weight is 382 g/mol. The van der Waals surface area contributed by atoms with E-state index in [0.29, 0.717) is 28.5 Å². The Hall–Kier alpha value is -0.140. The van der Waals surface area contributed by atoms with E-state index in [1.54, 1.807) is 16.4 Å². The summed E-state index contributed by atoms with van der Waals surface area (Å²) < 4.78 is 27.5. The maximum atomic E-state index is 12.6. The fourth-order valence-electron chi connectivity index (χ4n) is 2.49. The number of nitrogens with zero attached hydrogens (tertiary/aromatic N) is 1. The molecule has 1 heterocycles. The molecule has 1 fully saturated rings. The third kappa shape index (κ3) is 3.54. The van der Waals surface area contributed by atoms with Gasteiger partial charge in [-0.3, -0.25) is 0 Å². The number of nitrogens with one attached hydrogen (secondary N) is 1. The van der Waals surface area contributed by atoms with Crippen LogP contribution in [0.25, 0.3) is 0 Å². The van der Waals surface area contributed by atoms with E-state index < -0.39 is 10.0 Å². The third-order valence-corrected chi connectivity index (χ3v) is 6.60. The van der Waals surface area contributed by atoms with Crippen LogP contribution < -0.4 is 5.32 Å². The van der Waals surface area contributed by atoms with Gasteiger partial charge in [-0.15, -0.1) is 0 Å². The first-order valence-electron chi connectivity index (χ1n) is 6.55. The number of halogens is 2. The zero-order chi connectivity index (χ0) is 14.8. The molecule has 0 saturated carbocycles. The van der Waals surface area contributed by atoms with Gasteiger partial charge < -0.3 is 5.32 Å². The lowest BCUT2D eigenvalue weighted by atomic mass is 10.00. The van der Waals surface area contributed by atoms with Crippen LogP contribution in [0.5, 0.6) is 0 Å². The minimum atomic E-state index is -3.45. The van der Waals surface area contributed by atoms with Crippen molar-refractivity contribution in [3.63, 3.8) is 0 Å². The van der Waals surface area contributed by atoms with Crippen LogP contribution in [0.3, 0.4) is 0 Å². The van der Waals surface area contributed by atoms with Gasteiger partial charge in [0.2, 0.25) is 10.0 Å². The zero-order valence-electron chi connectivity index (χ0n) is 11.3. The lowest BCUT2D eigenvalue weighted by molar-refractivity contribution is 0.263. The maximum Gasteiger partial charge on any atom is 0.243 e. The van der Waals surface area contributed by atoms with Crippen LogP contribution in [0.4, 0.5) is 0 Å². The first-order chi connectivity index (χ1) is 9.45. The molecule has 2 rings (SSSR count). The van der Waals surface area contributed by atoms with Crippen LogP contribution >= 0.6 is 27.5 Å². The monoisotopic (exact) mass is 380 g/mol. The number of piperidine rings is 1. The molecule has 0 spiro atoms. The fraction of sp³-hybridized carbons (Fsp3) is 0.538. The average Bonchev–Trinajstić information content (AvgIpc) is 2.42. The molecule has 1 aromatic carbocycles. The van der Waals surface area contributed by atoms with Gasteiger partial charge in [0.1, 0.15) is 0 Å². The number of sulfonamides is 1. The Labute approximate surface area is 133 Å². The SMILES string of the molecule is CNCC1CCCN(S(=O)(=O)c2ccc(Br)c(Cl)c2)C1. The van der Waals surface area contributed by atoms with Crippen molar-refractivity contribution in [1.82, 2.24) is 9.62 Å². The maximum absolute atomic E-state index is 12.6. The highest BCUT2D eigenvalue weighted by Crippen LogP contribution is 2.28. The van der Waals surface area contributed by atoms with Crippen molar-refractivity contribution in [2.75, 3.05) is 26.7 Å². The summed E-state index contributed by atoms with van der Waals surface area (Å²) in [5.74, 6) is 0.370. The van der Waals surface area contributed by atoms with Crippen molar-refractivity contribution >= 4 is 37.6 Å². The molecule has 0 aliphatic carbocycles. The van der Waals surface area contributed by atoms with Crippen LogP contribution in [-0.2, 0) is 10.0 Å². The normalized spacial score (nSPS) is 21.1. The molecule has 20 heavy (non-hydrogen) atoms. The molecular weight excluding hydrogens is 364 g/mol. The van der Waals surface area contributed by atoms with E-state index in [1.165, 1.54) is 6.07 Å². The summed E-state index contributed by atoms with van der Waals surface area (Å²) >= 11 is 9.27. The summed E-state index contributed by atoms with van der Waals surface area (Å²) in [6.07, 6.45) is 1.96. The molecule has 1 aliphatic rings. The van der Waals surface area contributed by atoms with Gasteiger partial charge in [0.25, 0.3) is 0 Å². The summed E-state index contributed by atoms with van der Waals surface area (Å²) in [6, 6.07) is 4.76. The second kappa shape index (κ2) is 6.75. The standard InChI is InChI=1S/C13H18BrClN2O2S/c1-16-8-10-3-2-6-17(9-10)20(18,19)11-4-5-12(14)13(15)7-11/h4-5,7,10,16H,2-3,6,8-9H2,1H3. The van der Waals surface area contributed by atoms with Crippen LogP contribution in [-0.4, -0.2) is 39.4 Å². The Morgan fingerprint density at radius 1 is 1.50 bits per heavy atom. The van der Waals surface area contributed by atoms with Crippen LogP contribution in [0.1, 0.15) is 12.8 Å². The lowest BCUT2D eigenvalue weighted by Gasteiger charge is -2.31. The summed E-state index contributed by atoms with van der Waals surface area (Å²) in [6.45, 7) is 1.99. The molecule has 1 atom stereocenters. The van der Waals surface area contributed by atoms with Crippen molar-refractivity contribution in [2.24, 2.45) is 5.92 Å². The van der Waals surface area contributed by atoms with Gasteiger partial charge in [-0.2, -0.15) is 4.31 Å². The zero-order valence-corrected chi connectivity index (χ0v) is 14.4. The van der Waals surface area contributed by atoms with Gasteiger partial charge in [-0.25, -0.2) is 8.42 Å². The lowest BCUT2D eigenvalue weighted by Crippen LogP contribution is -2.42. The predicted octanol–water partition coefficient (Wildman–Crippen LogP) is 2.72. The quantitative estimate of drug-likeness (QED) is 0.872. The largest absolute Gasteiger partial charge is 0.319 e. The Morgan fingerprint density at radius 3 is 2.90 bits per heavy atom. The fourth-order valence-corrected chi connectivity index (χ4v) is 4.56. The Bertz CT molecular complexity index is 578. The van der Waals surface area contributed by atoms with E-state index in [2.05, 4.69) is 21.2 Å². The number of hydrogen-bond donors (Lipinski definition) is 1. The molecule has 0 bridgehead atoms. The molecule has 7 heteroatoms. The first-order valence-corrected chi connectivity index (χ1v) is 9.16. The minimum Gasteiger partial charge on any atom is -0.319 e. The van der Waals surface area contributed by atoms with Crippen molar-refractivity contribution in [1.29, 1.82) is 0 Å². The van der Waals surface area contributed by atoms with E-state index in [1.807, 2.05) is 7.05 Å². The van der Waals surface area contributed by atoms with Crippen molar-refractivity contribution < 1.29 is 8.42 Å². The topological polar surface area (TPSA) is 49.4 Å². The number of hydrogen-bond acceptors (Lipinski definition) is 3. The van der Waals surface area contributed by atoms with Gasteiger partial charge in [-0.05, 0) is 66.5 Å². The molecule has 4 nitrogen and oxygen atoms in total. The summed E-state index contributed by atoms with van der Waals surface area (Å²) in [5.41, 5.74) is 0. The Morgan fingerprint density at radius 2 is 2.25 bits per heavy atom. The molecule has 1 aliphatic heterocycles. The Balaban J connectivity index is 2.23. The van der Waals surface area contributed by atoms with Gasteiger partial charge >= 0.3 is 0 Å². The smallest absolute Gasteiger partial charge is 0.243 e. The number of rotatable bonds is 4. The molecule has 112 valence electrons. The van der Waals surface area contributed by atoms with Crippen molar-refractivity contribution in [3.05, 3.63) is 27.7 Å². The molecular formula is C13H18BrClN2O2S. The van der Waals surface area contributed by atoms with Gasteiger partial charge in [0.15, 0.2) is 0 Å². The van der Waals surface area contributed by atoms with Gasteiger partial charge in [-0.1, -0.05) is 11.6 Å². The second-order valence-electron chi connectivity index (χ2n) is 5.00. The predicted molar refractivity (Wildman–Crippen MR) is 84.6 cm³/mol. The van der Waals surface area contributed by atoms with E-state index in [9.17, 15) is 8.42 Å². The van der Waals surface area contributed by atoms with Crippen LogP contribution in [0.2, 0.25) is 5.02 Å². The molecule has 0 aromatic heterocycles. The highest BCUT2D eigenvalue weighted by molar-refractivity contribution is 9.10. The van der Waals surface area contributed by atoms with Gasteiger partial charge in [0.05, 0.1) is 9.92 Å². The highest BCUT2D eigenvalue weighted by Gasteiger charge is 2.30. The Kier molecular flexibility index (Phi) is 5.48. The second-order valence-corrected chi connectivity index (χ2v) is 8.20. The summed E-state index contributed by atoms with van der Waals surface area (Å²) in [5, 5.41) is 3.53. The summed E-state index contributed by atoms with van der Waals surface area (Å²) in [4.78, 5) is 0.260. The van der Waals surface area contributed by atoms with Crippen LogP contribution in [0, 0.1) is 5.92 Å². The van der Waals surface area contributed by atoms with E-state index >= 15 is 0 Å². The molecule has 0 amide bonds. The molecule has 1 unspecified atom stereocenters. The third-order valence-electron chi connectivity index (χ3n) is 3.50. The van der Waals surface area contributed by atoms with Crippen LogP contribution in [0.15, 0.2) is 27.6 Å². The van der Waals surface area contributed by atoms with E-state index in [0.717, 1.165) is 19.4 Å². The molecule has 1 N–H and O–H groups in total. The highest BCUT2D eigenvalue weighted by atomic mass is 79.9. The minimum absolute atomic E-state index is 0.260. The van der Waals surface area contributed by atoms with E-state index in [4.69, 9.17) is 11.6 Å². The molecule has 1 aromatic rings. The first kappa shape index (κ1) is 16.2.